The van der Waals surface area contributed by atoms with Gasteiger partial charge in [0, 0.05) is 4.47 Å². The largest absolute Gasteiger partial charge is 0.449 e. The number of esters is 1. The van der Waals surface area contributed by atoms with E-state index >= 15 is 0 Å². The number of carbonyl (C=O) groups excluding carboxylic acids is 1. The van der Waals surface area contributed by atoms with Crippen LogP contribution in [0.5, 0.6) is 0 Å². The van der Waals surface area contributed by atoms with Crippen molar-refractivity contribution in [3.8, 4) is 10.8 Å². The summed E-state index contributed by atoms with van der Waals surface area (Å²) >= 11 is 4.82. The monoisotopic (exact) mass is 378 g/mol. The lowest BCUT2D eigenvalue weighted by molar-refractivity contribution is 0.0280. The summed E-state index contributed by atoms with van der Waals surface area (Å²) in [5, 5.41) is 9.84. The number of halogens is 1. The number of aromatic nitrogens is 2. The van der Waals surface area contributed by atoms with Gasteiger partial charge in [0.2, 0.25) is 0 Å². The van der Waals surface area contributed by atoms with Crippen molar-refractivity contribution in [2.75, 3.05) is 0 Å². The lowest BCUT2D eigenvalue weighted by Crippen LogP contribution is -2.09. The highest BCUT2D eigenvalue weighted by atomic mass is 79.9. The van der Waals surface area contributed by atoms with Gasteiger partial charge in [-0.2, -0.15) is 0 Å². The number of thiophene rings is 1. The SMILES string of the molecule is C[C@H](OC(=O)c1cccc(Br)c1)c1nnc(-c2cccs2)o1. The standard InChI is InChI=1S/C15H11BrN2O3S/c1-9(20-15(19)10-4-2-5-11(16)8-10)13-17-18-14(21-13)12-6-3-7-22-12/h2-9H,1H3/t9-/m0/s1. The molecule has 2 aromatic heterocycles. The van der Waals surface area contributed by atoms with Crippen LogP contribution in [0.4, 0.5) is 0 Å². The molecule has 3 aromatic rings. The van der Waals surface area contributed by atoms with Gasteiger partial charge in [0.15, 0.2) is 6.10 Å². The Kier molecular flexibility index (Phi) is 4.35. The highest BCUT2D eigenvalue weighted by Gasteiger charge is 2.20. The van der Waals surface area contributed by atoms with E-state index in [1.807, 2.05) is 23.6 Å². The van der Waals surface area contributed by atoms with E-state index in [-0.39, 0.29) is 5.89 Å². The average Bonchev–Trinajstić information content (AvgIpc) is 3.18. The average molecular weight is 379 g/mol. The van der Waals surface area contributed by atoms with Gasteiger partial charge in [-0.1, -0.05) is 28.1 Å². The van der Waals surface area contributed by atoms with E-state index in [2.05, 4.69) is 26.1 Å². The first-order valence-electron chi connectivity index (χ1n) is 6.47. The fourth-order valence-corrected chi connectivity index (χ4v) is 2.84. The summed E-state index contributed by atoms with van der Waals surface area (Å²) in [6, 6.07) is 10.8. The van der Waals surface area contributed by atoms with Gasteiger partial charge in [-0.25, -0.2) is 4.79 Å². The topological polar surface area (TPSA) is 65.2 Å². The van der Waals surface area contributed by atoms with Crippen molar-refractivity contribution < 1.29 is 13.9 Å². The summed E-state index contributed by atoms with van der Waals surface area (Å²) in [5.74, 6) is 0.256. The van der Waals surface area contributed by atoms with E-state index in [4.69, 9.17) is 9.15 Å². The van der Waals surface area contributed by atoms with Crippen LogP contribution in [-0.2, 0) is 4.74 Å². The molecule has 0 amide bonds. The molecular formula is C15H11BrN2O3S. The first-order valence-corrected chi connectivity index (χ1v) is 8.14. The molecular weight excluding hydrogens is 368 g/mol. The Bertz CT molecular complexity index is 786. The number of carbonyl (C=O) groups is 1. The normalized spacial score (nSPS) is 12.1. The molecule has 0 fully saturated rings. The van der Waals surface area contributed by atoms with Gasteiger partial charge < -0.3 is 9.15 Å². The maximum Gasteiger partial charge on any atom is 0.338 e. The molecule has 7 heteroatoms. The third-order valence-electron chi connectivity index (χ3n) is 2.86. The predicted octanol–water partition coefficient (Wildman–Crippen LogP) is 4.48. The first-order chi connectivity index (χ1) is 10.6. The molecule has 3 rings (SSSR count). The van der Waals surface area contributed by atoms with Gasteiger partial charge in [-0.3, -0.25) is 0 Å². The van der Waals surface area contributed by atoms with Gasteiger partial charge in [-0.05, 0) is 36.6 Å². The molecule has 0 radical (unpaired) electrons. The molecule has 0 N–H and O–H groups in total. The van der Waals surface area contributed by atoms with Crippen molar-refractivity contribution >= 4 is 33.2 Å². The van der Waals surface area contributed by atoms with E-state index in [0.29, 0.717) is 11.5 Å². The van der Waals surface area contributed by atoms with Crippen LogP contribution in [0.3, 0.4) is 0 Å². The summed E-state index contributed by atoms with van der Waals surface area (Å²) in [7, 11) is 0. The molecule has 0 unspecified atom stereocenters. The number of rotatable bonds is 4. The number of nitrogens with zero attached hydrogens (tertiary/aromatic N) is 2. The number of benzene rings is 1. The van der Waals surface area contributed by atoms with Crippen LogP contribution in [0, 0.1) is 0 Å². The maximum absolute atomic E-state index is 12.1. The zero-order valence-electron chi connectivity index (χ0n) is 11.5. The molecule has 1 atom stereocenters. The van der Waals surface area contributed by atoms with Crippen LogP contribution < -0.4 is 0 Å². The minimum atomic E-state index is -0.618. The molecule has 0 aliphatic carbocycles. The van der Waals surface area contributed by atoms with E-state index in [9.17, 15) is 4.79 Å². The Morgan fingerprint density at radius 3 is 2.91 bits per heavy atom. The van der Waals surface area contributed by atoms with Crippen LogP contribution in [0.2, 0.25) is 0 Å². The van der Waals surface area contributed by atoms with E-state index in [1.54, 1.807) is 25.1 Å². The van der Waals surface area contributed by atoms with Crippen LogP contribution in [0.15, 0.2) is 50.7 Å². The quantitative estimate of drug-likeness (QED) is 0.626. The second kappa shape index (κ2) is 6.41. The molecule has 1 aromatic carbocycles. The van der Waals surface area contributed by atoms with Crippen LogP contribution in [0.25, 0.3) is 10.8 Å². The molecule has 0 bridgehead atoms. The highest BCUT2D eigenvalue weighted by Crippen LogP contribution is 2.26. The van der Waals surface area contributed by atoms with E-state index in [1.165, 1.54) is 11.3 Å². The zero-order valence-corrected chi connectivity index (χ0v) is 13.9. The van der Waals surface area contributed by atoms with Gasteiger partial charge in [0.1, 0.15) is 0 Å². The van der Waals surface area contributed by atoms with Gasteiger partial charge >= 0.3 is 5.97 Å². The first kappa shape index (κ1) is 14.9. The van der Waals surface area contributed by atoms with E-state index in [0.717, 1.165) is 9.35 Å². The Balaban J connectivity index is 1.72. The molecule has 0 aliphatic rings. The molecule has 0 saturated carbocycles. The Hall–Kier alpha value is -1.99. The molecule has 2 heterocycles. The lowest BCUT2D eigenvalue weighted by atomic mass is 10.2. The Morgan fingerprint density at radius 2 is 2.18 bits per heavy atom. The van der Waals surface area contributed by atoms with Crippen LogP contribution in [0.1, 0.15) is 29.3 Å². The fraction of sp³-hybridized carbons (Fsp3) is 0.133. The maximum atomic E-state index is 12.1. The van der Waals surface area contributed by atoms with Crippen molar-refractivity contribution in [1.82, 2.24) is 10.2 Å². The number of hydrogen-bond acceptors (Lipinski definition) is 6. The van der Waals surface area contributed by atoms with Crippen LogP contribution >= 0.6 is 27.3 Å². The summed E-state index contributed by atoms with van der Waals surface area (Å²) in [6.45, 7) is 1.70. The van der Waals surface area contributed by atoms with Crippen molar-refractivity contribution in [2.24, 2.45) is 0 Å². The fourth-order valence-electron chi connectivity index (χ4n) is 1.79. The summed E-state index contributed by atoms with van der Waals surface area (Å²) in [6.07, 6.45) is -0.618. The minimum absolute atomic E-state index is 0.270. The molecule has 22 heavy (non-hydrogen) atoms. The second-order valence-electron chi connectivity index (χ2n) is 4.48. The Labute approximate surface area is 139 Å². The van der Waals surface area contributed by atoms with Gasteiger partial charge in [0.25, 0.3) is 11.8 Å². The zero-order chi connectivity index (χ0) is 15.5. The lowest BCUT2D eigenvalue weighted by Gasteiger charge is -2.09. The molecule has 0 aliphatic heterocycles. The molecule has 112 valence electrons. The molecule has 0 spiro atoms. The van der Waals surface area contributed by atoms with E-state index < -0.39 is 12.1 Å². The minimum Gasteiger partial charge on any atom is -0.449 e. The van der Waals surface area contributed by atoms with Crippen molar-refractivity contribution in [1.29, 1.82) is 0 Å². The predicted molar refractivity (Wildman–Crippen MR) is 85.6 cm³/mol. The molecule has 5 nitrogen and oxygen atoms in total. The van der Waals surface area contributed by atoms with Gasteiger partial charge in [0.05, 0.1) is 10.4 Å². The summed E-state index contributed by atoms with van der Waals surface area (Å²) < 4.78 is 11.7. The third-order valence-corrected chi connectivity index (χ3v) is 4.22. The van der Waals surface area contributed by atoms with Crippen molar-refractivity contribution in [3.05, 3.63) is 57.7 Å². The number of ether oxygens (including phenoxy) is 1. The Morgan fingerprint density at radius 1 is 1.32 bits per heavy atom. The summed E-state index contributed by atoms with van der Waals surface area (Å²) in [4.78, 5) is 13.0. The highest BCUT2D eigenvalue weighted by molar-refractivity contribution is 9.10. The number of hydrogen-bond donors (Lipinski definition) is 0. The van der Waals surface area contributed by atoms with Crippen molar-refractivity contribution in [3.63, 3.8) is 0 Å². The third kappa shape index (κ3) is 3.26. The smallest absolute Gasteiger partial charge is 0.338 e. The summed E-state index contributed by atoms with van der Waals surface area (Å²) in [5.41, 5.74) is 0.458. The molecule has 0 saturated heterocycles. The van der Waals surface area contributed by atoms with Crippen LogP contribution in [-0.4, -0.2) is 16.2 Å². The van der Waals surface area contributed by atoms with Gasteiger partial charge in [-0.15, -0.1) is 21.5 Å². The van der Waals surface area contributed by atoms with Crippen molar-refractivity contribution in [2.45, 2.75) is 13.0 Å². The second-order valence-corrected chi connectivity index (χ2v) is 6.34.